The predicted octanol–water partition coefficient (Wildman–Crippen LogP) is 7.55. The van der Waals surface area contributed by atoms with Crippen LogP contribution >= 0.6 is 23.1 Å². The average molecular weight is 473 g/mol. The maximum atomic E-state index is 13.3. The van der Waals surface area contributed by atoms with E-state index in [1.165, 1.54) is 27.4 Å². The van der Waals surface area contributed by atoms with Crippen LogP contribution in [-0.2, 0) is 21.6 Å². The quantitative estimate of drug-likeness (QED) is 0.294. The van der Waals surface area contributed by atoms with Gasteiger partial charge in [-0.05, 0) is 47.9 Å². The molecule has 0 spiro atoms. The van der Waals surface area contributed by atoms with Crippen LogP contribution in [0.2, 0.25) is 0 Å². The van der Waals surface area contributed by atoms with Gasteiger partial charge >= 0.3 is 5.97 Å². The van der Waals surface area contributed by atoms with Crippen molar-refractivity contribution in [2.24, 2.45) is 0 Å². The SMILES string of the molecule is Cc1c(SC2=C(O)CC(CCc3ccccc3)(c3ccccc3)OC2=O)sc2ccccc12. The van der Waals surface area contributed by atoms with Gasteiger partial charge in [0.05, 0.1) is 10.6 Å². The van der Waals surface area contributed by atoms with E-state index in [1.807, 2.05) is 60.7 Å². The van der Waals surface area contributed by atoms with Crippen LogP contribution in [0.15, 0.2) is 99.8 Å². The molecule has 0 saturated carbocycles. The van der Waals surface area contributed by atoms with Crippen LogP contribution in [0, 0.1) is 6.92 Å². The highest BCUT2D eigenvalue weighted by molar-refractivity contribution is 8.05. The zero-order valence-electron chi connectivity index (χ0n) is 18.3. The van der Waals surface area contributed by atoms with Crippen molar-refractivity contribution in [2.45, 2.75) is 36.0 Å². The molecule has 0 radical (unpaired) electrons. The van der Waals surface area contributed by atoms with Gasteiger partial charge in [0.1, 0.15) is 16.3 Å². The number of aryl methyl sites for hydroxylation is 2. The van der Waals surface area contributed by atoms with Crippen molar-refractivity contribution in [1.82, 2.24) is 0 Å². The summed E-state index contributed by atoms with van der Waals surface area (Å²) in [7, 11) is 0. The third kappa shape index (κ3) is 4.31. The van der Waals surface area contributed by atoms with Gasteiger partial charge in [0.2, 0.25) is 0 Å². The summed E-state index contributed by atoms with van der Waals surface area (Å²) in [5.41, 5.74) is 2.31. The molecule has 5 heteroatoms. The molecule has 1 aliphatic rings. The molecule has 0 saturated heterocycles. The lowest BCUT2D eigenvalue weighted by atomic mass is 9.82. The van der Waals surface area contributed by atoms with Crippen LogP contribution < -0.4 is 0 Å². The highest BCUT2D eigenvalue weighted by Crippen LogP contribution is 2.47. The van der Waals surface area contributed by atoms with Gasteiger partial charge in [0.15, 0.2) is 0 Å². The normalized spacial score (nSPS) is 18.5. The summed E-state index contributed by atoms with van der Waals surface area (Å²) < 4.78 is 8.35. The number of esters is 1. The van der Waals surface area contributed by atoms with E-state index in [1.54, 1.807) is 11.3 Å². The molecule has 33 heavy (non-hydrogen) atoms. The molecule has 1 unspecified atom stereocenters. The van der Waals surface area contributed by atoms with Gasteiger partial charge in [-0.15, -0.1) is 11.3 Å². The van der Waals surface area contributed by atoms with E-state index >= 15 is 0 Å². The highest BCUT2D eigenvalue weighted by atomic mass is 32.2. The Bertz CT molecular complexity index is 1330. The van der Waals surface area contributed by atoms with Crippen molar-refractivity contribution in [3.63, 3.8) is 0 Å². The third-order valence-electron chi connectivity index (χ3n) is 6.14. The number of cyclic esters (lactones) is 1. The van der Waals surface area contributed by atoms with Crippen LogP contribution in [-0.4, -0.2) is 11.1 Å². The lowest BCUT2D eigenvalue weighted by Gasteiger charge is -2.37. The first-order valence-corrected chi connectivity index (χ1v) is 12.6. The molecule has 5 rings (SSSR count). The Morgan fingerprint density at radius 1 is 0.970 bits per heavy atom. The number of rotatable bonds is 6. The molecule has 1 aromatic heterocycles. The second kappa shape index (κ2) is 9.08. The summed E-state index contributed by atoms with van der Waals surface area (Å²) in [6.45, 7) is 2.06. The number of ether oxygens (including phenoxy) is 1. The first-order valence-electron chi connectivity index (χ1n) is 11.0. The fraction of sp³-hybridized carbons (Fsp3) is 0.179. The average Bonchev–Trinajstić information content (AvgIpc) is 3.17. The maximum Gasteiger partial charge on any atom is 0.349 e. The molecule has 3 aromatic carbocycles. The van der Waals surface area contributed by atoms with Gasteiger partial charge in [-0.2, -0.15) is 0 Å². The summed E-state index contributed by atoms with van der Waals surface area (Å²) in [4.78, 5) is 13.6. The molecule has 0 amide bonds. The molecule has 4 aromatic rings. The molecule has 3 nitrogen and oxygen atoms in total. The van der Waals surface area contributed by atoms with E-state index < -0.39 is 11.6 Å². The fourth-order valence-electron chi connectivity index (χ4n) is 4.35. The molecule has 166 valence electrons. The van der Waals surface area contributed by atoms with Crippen LogP contribution in [0.1, 0.15) is 29.5 Å². The van der Waals surface area contributed by atoms with Crippen molar-refractivity contribution in [3.8, 4) is 0 Å². The number of thiophene rings is 1. The Labute approximate surface area is 201 Å². The Kier molecular flexibility index (Phi) is 6.00. The number of carbonyl (C=O) groups excluding carboxylic acids is 1. The van der Waals surface area contributed by atoms with Gasteiger partial charge < -0.3 is 9.84 Å². The topological polar surface area (TPSA) is 46.5 Å². The number of fused-ring (bicyclic) bond motifs is 1. The number of aliphatic hydroxyl groups excluding tert-OH is 1. The lowest BCUT2D eigenvalue weighted by Crippen LogP contribution is -2.38. The number of aliphatic hydroxyl groups is 1. The van der Waals surface area contributed by atoms with Gasteiger partial charge in [0.25, 0.3) is 0 Å². The van der Waals surface area contributed by atoms with Crippen LogP contribution in [0.25, 0.3) is 10.1 Å². The second-order valence-electron chi connectivity index (χ2n) is 8.30. The van der Waals surface area contributed by atoms with E-state index in [9.17, 15) is 9.90 Å². The van der Waals surface area contributed by atoms with Crippen molar-refractivity contribution in [1.29, 1.82) is 0 Å². The smallest absolute Gasteiger partial charge is 0.349 e. The van der Waals surface area contributed by atoms with E-state index in [2.05, 4.69) is 31.2 Å². The van der Waals surface area contributed by atoms with Gasteiger partial charge in [-0.25, -0.2) is 4.79 Å². The van der Waals surface area contributed by atoms with Crippen LogP contribution in [0.5, 0.6) is 0 Å². The molecule has 2 heterocycles. The molecule has 0 fully saturated rings. The Balaban J connectivity index is 1.47. The number of hydrogen-bond acceptors (Lipinski definition) is 5. The van der Waals surface area contributed by atoms with E-state index in [-0.39, 0.29) is 17.1 Å². The second-order valence-corrected chi connectivity index (χ2v) is 10.6. The molecular formula is C28H24O3S2. The monoisotopic (exact) mass is 472 g/mol. The van der Waals surface area contributed by atoms with Crippen molar-refractivity contribution in [3.05, 3.63) is 112 Å². The minimum Gasteiger partial charge on any atom is -0.511 e. The largest absolute Gasteiger partial charge is 0.511 e. The summed E-state index contributed by atoms with van der Waals surface area (Å²) >= 11 is 2.95. The Morgan fingerprint density at radius 2 is 1.64 bits per heavy atom. The van der Waals surface area contributed by atoms with E-state index in [0.29, 0.717) is 6.42 Å². The molecule has 1 atom stereocenters. The van der Waals surface area contributed by atoms with Gasteiger partial charge in [-0.1, -0.05) is 90.6 Å². The molecule has 0 aliphatic carbocycles. The zero-order valence-corrected chi connectivity index (χ0v) is 19.9. The summed E-state index contributed by atoms with van der Waals surface area (Å²) in [5.74, 6) is -0.359. The maximum absolute atomic E-state index is 13.3. The van der Waals surface area contributed by atoms with Crippen molar-refractivity contribution >= 4 is 39.2 Å². The highest BCUT2D eigenvalue weighted by Gasteiger charge is 2.43. The number of hydrogen-bond donors (Lipinski definition) is 1. The van der Waals surface area contributed by atoms with Crippen LogP contribution in [0.3, 0.4) is 0 Å². The van der Waals surface area contributed by atoms with E-state index in [4.69, 9.17) is 4.74 Å². The van der Waals surface area contributed by atoms with E-state index in [0.717, 1.165) is 21.8 Å². The van der Waals surface area contributed by atoms with Crippen molar-refractivity contribution < 1.29 is 14.6 Å². The summed E-state index contributed by atoms with van der Waals surface area (Å²) in [6.07, 6.45) is 1.60. The number of carbonyl (C=O) groups is 1. The number of benzene rings is 3. The van der Waals surface area contributed by atoms with Gasteiger partial charge in [0, 0.05) is 4.70 Å². The summed E-state index contributed by atoms with van der Waals surface area (Å²) in [5, 5.41) is 12.3. The molecule has 1 N–H and O–H groups in total. The minimum atomic E-state index is -0.891. The lowest BCUT2D eigenvalue weighted by molar-refractivity contribution is -0.160. The molecule has 1 aliphatic heterocycles. The summed E-state index contributed by atoms with van der Waals surface area (Å²) in [6, 6.07) is 28.1. The first kappa shape index (κ1) is 21.8. The Morgan fingerprint density at radius 3 is 2.33 bits per heavy atom. The fourth-order valence-corrected chi connectivity index (χ4v) is 6.74. The zero-order chi connectivity index (χ0) is 22.8. The first-order chi connectivity index (χ1) is 16.1. The van der Waals surface area contributed by atoms with Crippen molar-refractivity contribution in [2.75, 3.05) is 0 Å². The molecular weight excluding hydrogens is 448 g/mol. The standard InChI is InChI=1S/C28H24O3S2/c1-19-22-14-8-9-15-24(22)32-27(19)33-25-23(29)18-28(31-26(25)30,21-12-6-3-7-13-21)17-16-20-10-4-2-5-11-20/h2-15,29H,16-18H2,1H3. The third-order valence-corrected chi connectivity index (χ3v) is 8.81. The Hall–Kier alpha value is -3.02. The minimum absolute atomic E-state index is 0.102. The van der Waals surface area contributed by atoms with Gasteiger partial charge in [-0.3, -0.25) is 0 Å². The number of thioether (sulfide) groups is 1. The predicted molar refractivity (Wildman–Crippen MR) is 136 cm³/mol. The van der Waals surface area contributed by atoms with Crippen LogP contribution in [0.4, 0.5) is 0 Å². The molecule has 0 bridgehead atoms.